The molecule has 1 fully saturated rings. The summed E-state index contributed by atoms with van der Waals surface area (Å²) in [5.74, 6) is -0.425. The Bertz CT molecular complexity index is 633. The monoisotopic (exact) mass is 452 g/mol. The highest BCUT2D eigenvalue weighted by Crippen LogP contribution is 2.37. The Labute approximate surface area is 194 Å². The summed E-state index contributed by atoms with van der Waals surface area (Å²) in [6.07, 6.45) is 7.95. The molecule has 2 unspecified atom stereocenters. The molecule has 5 atom stereocenters. The molecular formula is C26H44O6. The zero-order chi connectivity index (χ0) is 24.3. The van der Waals surface area contributed by atoms with E-state index in [1.165, 1.54) is 7.11 Å². The number of ketones is 2. The van der Waals surface area contributed by atoms with Crippen molar-refractivity contribution in [2.24, 2.45) is 17.8 Å². The molecule has 0 aromatic carbocycles. The fraction of sp³-hybridized carbons (Fsp3) is 0.808. The number of Topliss-reactive ketones (excluding diaryl/α,β-unsaturated/α-hetero) is 2. The number of methoxy groups -OCH3 is 1. The SMILES string of the molecule is CCC[C@H](C)CC(O)C=C[C@H]1C(OC(C)(C)C)CC(=O)[C@@H]1CC(=O)CCCCC(=O)OC. The molecule has 0 saturated heterocycles. The van der Waals surface area contributed by atoms with Gasteiger partial charge >= 0.3 is 5.97 Å². The molecule has 1 aliphatic rings. The van der Waals surface area contributed by atoms with Crippen molar-refractivity contribution >= 4 is 17.5 Å². The number of carbonyl (C=O) groups is 3. The first-order valence-electron chi connectivity index (χ1n) is 12.1. The second kappa shape index (κ2) is 13.9. The van der Waals surface area contributed by atoms with Gasteiger partial charge < -0.3 is 14.6 Å². The minimum Gasteiger partial charge on any atom is -0.469 e. The Kier molecular flexibility index (Phi) is 12.4. The maximum Gasteiger partial charge on any atom is 0.305 e. The van der Waals surface area contributed by atoms with Crippen molar-refractivity contribution in [1.29, 1.82) is 0 Å². The van der Waals surface area contributed by atoms with Gasteiger partial charge in [0.2, 0.25) is 0 Å². The highest BCUT2D eigenvalue weighted by molar-refractivity contribution is 5.90. The molecule has 1 saturated carbocycles. The molecule has 1 aliphatic carbocycles. The van der Waals surface area contributed by atoms with Crippen LogP contribution in [0.25, 0.3) is 0 Å². The van der Waals surface area contributed by atoms with Crippen molar-refractivity contribution < 1.29 is 29.0 Å². The number of rotatable bonds is 14. The van der Waals surface area contributed by atoms with Crippen molar-refractivity contribution in [2.45, 2.75) is 110 Å². The predicted molar refractivity (Wildman–Crippen MR) is 125 cm³/mol. The number of aliphatic hydroxyl groups excluding tert-OH is 1. The summed E-state index contributed by atoms with van der Waals surface area (Å²) in [5.41, 5.74) is -0.405. The third kappa shape index (κ3) is 10.9. The van der Waals surface area contributed by atoms with Crippen LogP contribution in [0.1, 0.15) is 92.4 Å². The number of ether oxygens (including phenoxy) is 2. The summed E-state index contributed by atoms with van der Waals surface area (Å²) in [4.78, 5) is 36.6. The lowest BCUT2D eigenvalue weighted by molar-refractivity contribution is -0.140. The Balaban J connectivity index is 2.79. The van der Waals surface area contributed by atoms with Crippen molar-refractivity contribution in [3.8, 4) is 0 Å². The van der Waals surface area contributed by atoms with Gasteiger partial charge in [-0.2, -0.15) is 0 Å². The molecular weight excluding hydrogens is 408 g/mol. The smallest absolute Gasteiger partial charge is 0.305 e. The van der Waals surface area contributed by atoms with Crippen LogP contribution in [0.15, 0.2) is 12.2 Å². The maximum absolute atomic E-state index is 12.8. The average Bonchev–Trinajstić information content (AvgIpc) is 2.95. The number of hydrogen-bond donors (Lipinski definition) is 1. The van der Waals surface area contributed by atoms with Crippen molar-refractivity contribution in [2.75, 3.05) is 7.11 Å². The molecule has 1 N–H and O–H groups in total. The lowest BCUT2D eigenvalue weighted by atomic mass is 9.87. The van der Waals surface area contributed by atoms with Crippen molar-refractivity contribution in [3.05, 3.63) is 12.2 Å². The molecule has 6 nitrogen and oxygen atoms in total. The Morgan fingerprint density at radius 3 is 2.47 bits per heavy atom. The van der Waals surface area contributed by atoms with E-state index in [1.807, 2.05) is 26.8 Å². The van der Waals surface area contributed by atoms with Crippen LogP contribution in [-0.2, 0) is 23.9 Å². The summed E-state index contributed by atoms with van der Waals surface area (Å²) in [5, 5.41) is 10.5. The third-order valence-electron chi connectivity index (χ3n) is 5.96. The van der Waals surface area contributed by atoms with Crippen LogP contribution < -0.4 is 0 Å². The van der Waals surface area contributed by atoms with E-state index in [0.717, 1.165) is 12.8 Å². The van der Waals surface area contributed by atoms with E-state index >= 15 is 0 Å². The first kappa shape index (κ1) is 28.5. The quantitative estimate of drug-likeness (QED) is 0.231. The van der Waals surface area contributed by atoms with Gasteiger partial charge in [0.05, 0.1) is 24.9 Å². The van der Waals surface area contributed by atoms with Gasteiger partial charge in [-0.05, 0) is 46.0 Å². The van der Waals surface area contributed by atoms with E-state index in [0.29, 0.717) is 38.0 Å². The average molecular weight is 453 g/mol. The van der Waals surface area contributed by atoms with Crippen molar-refractivity contribution in [3.63, 3.8) is 0 Å². The highest BCUT2D eigenvalue weighted by atomic mass is 16.5. The largest absolute Gasteiger partial charge is 0.469 e. The van der Waals surface area contributed by atoms with Crippen LogP contribution in [0.5, 0.6) is 0 Å². The van der Waals surface area contributed by atoms with E-state index in [-0.39, 0.29) is 42.4 Å². The predicted octanol–water partition coefficient (Wildman–Crippen LogP) is 4.81. The molecule has 0 spiro atoms. The minimum absolute atomic E-state index is 0.0279. The summed E-state index contributed by atoms with van der Waals surface area (Å²) in [6, 6.07) is 0. The number of unbranched alkanes of at least 4 members (excludes halogenated alkanes) is 1. The van der Waals surface area contributed by atoms with Crippen LogP contribution in [0.4, 0.5) is 0 Å². The number of hydrogen-bond acceptors (Lipinski definition) is 6. The van der Waals surface area contributed by atoms with Gasteiger partial charge in [0.1, 0.15) is 11.6 Å². The first-order valence-corrected chi connectivity index (χ1v) is 12.1. The normalized spacial score (nSPS) is 23.5. The molecule has 0 bridgehead atoms. The van der Waals surface area contributed by atoms with Gasteiger partial charge in [-0.25, -0.2) is 0 Å². The van der Waals surface area contributed by atoms with Gasteiger partial charge in [0.15, 0.2) is 0 Å². The van der Waals surface area contributed by atoms with Gasteiger partial charge in [-0.1, -0.05) is 38.8 Å². The van der Waals surface area contributed by atoms with E-state index < -0.39 is 17.6 Å². The van der Waals surface area contributed by atoms with Gasteiger partial charge in [0, 0.05) is 37.5 Å². The lowest BCUT2D eigenvalue weighted by Crippen LogP contribution is -2.31. The fourth-order valence-electron chi connectivity index (χ4n) is 4.44. The van der Waals surface area contributed by atoms with E-state index in [2.05, 4.69) is 18.6 Å². The molecule has 0 aliphatic heterocycles. The molecule has 0 heterocycles. The first-order chi connectivity index (χ1) is 15.0. The highest BCUT2D eigenvalue weighted by Gasteiger charge is 2.43. The number of aliphatic hydroxyl groups is 1. The Morgan fingerprint density at radius 1 is 1.22 bits per heavy atom. The third-order valence-corrected chi connectivity index (χ3v) is 5.96. The Hall–Kier alpha value is -1.53. The molecule has 0 radical (unpaired) electrons. The van der Waals surface area contributed by atoms with Gasteiger partial charge in [0.25, 0.3) is 0 Å². The topological polar surface area (TPSA) is 89.9 Å². The van der Waals surface area contributed by atoms with E-state index in [4.69, 9.17) is 4.74 Å². The maximum atomic E-state index is 12.8. The van der Waals surface area contributed by atoms with Crippen LogP contribution in [-0.4, -0.2) is 47.6 Å². The molecule has 1 rings (SSSR count). The molecule has 0 aromatic rings. The molecule has 184 valence electrons. The number of carbonyl (C=O) groups excluding carboxylic acids is 3. The zero-order valence-corrected chi connectivity index (χ0v) is 20.9. The Morgan fingerprint density at radius 2 is 1.88 bits per heavy atom. The van der Waals surface area contributed by atoms with Crippen LogP contribution in [0.2, 0.25) is 0 Å². The van der Waals surface area contributed by atoms with E-state index in [9.17, 15) is 19.5 Å². The molecule has 6 heteroatoms. The minimum atomic E-state index is -0.572. The van der Waals surface area contributed by atoms with Gasteiger partial charge in [-0.3, -0.25) is 14.4 Å². The van der Waals surface area contributed by atoms with Crippen LogP contribution >= 0.6 is 0 Å². The van der Waals surface area contributed by atoms with Crippen LogP contribution in [0, 0.1) is 17.8 Å². The summed E-state index contributed by atoms with van der Waals surface area (Å²) < 4.78 is 10.8. The van der Waals surface area contributed by atoms with Crippen molar-refractivity contribution in [1.82, 2.24) is 0 Å². The standard InChI is InChI=1S/C26H44O6/c1-7-10-18(2)15-20(28)13-14-21-22(23(29)17-24(21)32-26(3,4)5)16-19(27)11-8-9-12-25(30)31-6/h13-14,18,20-22,24,28H,7-12,15-17H2,1-6H3/t18-,20?,21+,22+,24?/m0/s1. The summed E-state index contributed by atoms with van der Waals surface area (Å²) >= 11 is 0. The van der Waals surface area contributed by atoms with Gasteiger partial charge in [-0.15, -0.1) is 0 Å². The molecule has 32 heavy (non-hydrogen) atoms. The second-order valence-corrected chi connectivity index (χ2v) is 10.2. The lowest BCUT2D eigenvalue weighted by Gasteiger charge is -2.29. The summed E-state index contributed by atoms with van der Waals surface area (Å²) in [7, 11) is 1.35. The molecule has 0 amide bonds. The number of esters is 1. The second-order valence-electron chi connectivity index (χ2n) is 10.2. The zero-order valence-electron chi connectivity index (χ0n) is 20.9. The van der Waals surface area contributed by atoms with Crippen LogP contribution in [0.3, 0.4) is 0 Å². The molecule has 0 aromatic heterocycles. The fourth-order valence-corrected chi connectivity index (χ4v) is 4.44. The summed E-state index contributed by atoms with van der Waals surface area (Å²) in [6.45, 7) is 10.1. The van der Waals surface area contributed by atoms with E-state index in [1.54, 1.807) is 6.08 Å².